The molecule has 0 saturated heterocycles. The molecule has 12 N–H and O–H groups in total. The van der Waals surface area contributed by atoms with E-state index in [1.165, 1.54) is 36.7 Å². The van der Waals surface area contributed by atoms with Gasteiger partial charge in [0.15, 0.2) is 0 Å². The second kappa shape index (κ2) is 34.9. The summed E-state index contributed by atoms with van der Waals surface area (Å²) in [6.07, 6.45) is 7.88. The largest absolute Gasteiger partial charge is 0.330 e. The van der Waals surface area contributed by atoms with Gasteiger partial charge in [0.05, 0.1) is 6.67 Å². The molecule has 0 aliphatic heterocycles. The first-order chi connectivity index (χ1) is 24.6. The smallest absolute Gasteiger partial charge is 0.0909 e. The predicted octanol–water partition coefficient (Wildman–Crippen LogP) is 1.12. The highest BCUT2D eigenvalue weighted by Crippen LogP contribution is 2.11. The average molecular weight is 742 g/mol. The van der Waals surface area contributed by atoms with Gasteiger partial charge in [-0.15, -0.1) is 0 Å². The summed E-state index contributed by atoms with van der Waals surface area (Å²) in [5, 5.41) is 7.17. The summed E-state index contributed by atoms with van der Waals surface area (Å²) in [7, 11) is -0.959. The monoisotopic (exact) mass is 742 g/mol. The molecule has 0 aliphatic carbocycles. The molecule has 0 bridgehead atoms. The molecule has 0 aromatic carbocycles. The van der Waals surface area contributed by atoms with Gasteiger partial charge in [0.2, 0.25) is 0 Å². The zero-order chi connectivity index (χ0) is 38.0. The Balaban J connectivity index is 4.83. The van der Waals surface area contributed by atoms with E-state index in [1.807, 2.05) is 0 Å². The number of nitrogens with two attached hydrogens (primary N) is 5. The summed E-state index contributed by atoms with van der Waals surface area (Å²) >= 11 is 0. The molecule has 14 heteroatoms. The standard InChI is InChI=1S/C37H87N13Si/c1-36(45-18-10-34-51(3,4)5)11-9-12-37(2)46-35-50(26-17-42)29-22-44-21-28-49(27-20-43-19-14-39)33-31-47(23-8-6-7-13-38)30-32-48(24-15-40)25-16-41/h43-44H,6-35,38-42H2,1-5H3. The van der Waals surface area contributed by atoms with Crippen LogP contribution < -0.4 is 39.3 Å². The lowest BCUT2D eigenvalue weighted by atomic mass is 10.1. The molecule has 0 spiro atoms. The van der Waals surface area contributed by atoms with Gasteiger partial charge in [0.25, 0.3) is 0 Å². The Kier molecular flexibility index (Phi) is 34.3. The van der Waals surface area contributed by atoms with Gasteiger partial charge in [-0.2, -0.15) is 0 Å². The normalized spacial score (nSPS) is 13.2. The van der Waals surface area contributed by atoms with Crippen molar-refractivity contribution in [3.8, 4) is 0 Å². The van der Waals surface area contributed by atoms with Crippen molar-refractivity contribution in [2.75, 3.05) is 144 Å². The van der Waals surface area contributed by atoms with Crippen molar-refractivity contribution in [1.29, 1.82) is 0 Å². The Morgan fingerprint density at radius 3 is 1.49 bits per heavy atom. The first-order valence-corrected chi connectivity index (χ1v) is 24.1. The van der Waals surface area contributed by atoms with Crippen LogP contribution in [-0.4, -0.2) is 183 Å². The third-order valence-corrected chi connectivity index (χ3v) is 11.1. The molecule has 0 unspecified atom stereocenters. The van der Waals surface area contributed by atoms with E-state index in [-0.39, 0.29) is 0 Å². The van der Waals surface area contributed by atoms with E-state index >= 15 is 0 Å². The molecule has 0 rings (SSSR count). The van der Waals surface area contributed by atoms with E-state index in [9.17, 15) is 0 Å². The highest BCUT2D eigenvalue weighted by atomic mass is 28.3. The van der Waals surface area contributed by atoms with Gasteiger partial charge in [-0.1, -0.05) is 32.1 Å². The van der Waals surface area contributed by atoms with E-state index in [0.29, 0.717) is 32.8 Å². The Bertz CT molecular complexity index is 819. The van der Waals surface area contributed by atoms with Crippen molar-refractivity contribution in [2.45, 2.75) is 84.5 Å². The second-order valence-corrected chi connectivity index (χ2v) is 20.9. The summed E-state index contributed by atoms with van der Waals surface area (Å²) in [5.74, 6) is 0. The molecule has 0 amide bonds. The van der Waals surface area contributed by atoms with Crippen LogP contribution >= 0.6 is 0 Å². The summed E-state index contributed by atoms with van der Waals surface area (Å²) in [6.45, 7) is 31.2. The maximum atomic E-state index is 5.97. The lowest BCUT2D eigenvalue weighted by molar-refractivity contribution is 0.175. The number of hydrogen-bond donors (Lipinski definition) is 7. The molecule has 0 aliphatic rings. The Morgan fingerprint density at radius 1 is 0.471 bits per heavy atom. The third-order valence-electron chi connectivity index (χ3n) is 9.20. The summed E-state index contributed by atoms with van der Waals surface area (Å²) < 4.78 is 0. The molecule has 304 valence electrons. The lowest BCUT2D eigenvalue weighted by Gasteiger charge is -2.30. The topological polar surface area (TPSA) is 192 Å². The number of aliphatic imine (C=N–C) groups is 2. The number of hydrogen-bond acceptors (Lipinski definition) is 13. The van der Waals surface area contributed by atoms with Gasteiger partial charge < -0.3 is 44.2 Å². The molecule has 13 nitrogen and oxygen atoms in total. The van der Waals surface area contributed by atoms with Gasteiger partial charge >= 0.3 is 0 Å². The molecule has 0 fully saturated rings. The first-order valence-electron chi connectivity index (χ1n) is 20.4. The number of nitrogens with zero attached hydrogens (tertiary/aromatic N) is 6. The Labute approximate surface area is 316 Å². The van der Waals surface area contributed by atoms with Crippen LogP contribution in [0.2, 0.25) is 25.7 Å². The van der Waals surface area contributed by atoms with Crippen molar-refractivity contribution in [3.05, 3.63) is 0 Å². The fourth-order valence-electron chi connectivity index (χ4n) is 5.95. The van der Waals surface area contributed by atoms with Gasteiger partial charge in [0, 0.05) is 144 Å². The summed E-state index contributed by atoms with van der Waals surface area (Å²) in [5.41, 5.74) is 31.7. The number of rotatable bonds is 38. The maximum Gasteiger partial charge on any atom is 0.0909 e. The fourth-order valence-corrected chi connectivity index (χ4v) is 7.17. The minimum absolute atomic E-state index is 0.643. The van der Waals surface area contributed by atoms with E-state index < -0.39 is 8.07 Å². The highest BCUT2D eigenvalue weighted by Gasteiger charge is 2.13. The van der Waals surface area contributed by atoms with E-state index in [1.54, 1.807) is 0 Å². The fraction of sp³-hybridized carbons (Fsp3) is 0.946. The van der Waals surface area contributed by atoms with Crippen molar-refractivity contribution in [1.82, 2.24) is 30.2 Å². The molecule has 0 atom stereocenters. The highest BCUT2D eigenvalue weighted by molar-refractivity contribution is 6.76. The predicted molar refractivity (Wildman–Crippen MR) is 228 cm³/mol. The molecule has 0 saturated carbocycles. The van der Waals surface area contributed by atoms with Crippen LogP contribution in [0.1, 0.15) is 58.8 Å². The quantitative estimate of drug-likeness (QED) is 0.0273. The molecular formula is C37H87N13Si. The molecule has 0 heterocycles. The molecule has 51 heavy (non-hydrogen) atoms. The SMILES string of the molecule is CC(CCCC(C)=NCN(CCN)CCNCCN(CCNCCN)CCN(CCCCCN)CCN(CCN)CCN)=NCCC[Si](C)(C)C. The average Bonchev–Trinajstić information content (AvgIpc) is 3.09. The van der Waals surface area contributed by atoms with Gasteiger partial charge in [-0.25, -0.2) is 0 Å². The van der Waals surface area contributed by atoms with E-state index in [2.05, 4.69) is 63.7 Å². The van der Waals surface area contributed by atoms with Crippen LogP contribution in [0, 0.1) is 0 Å². The van der Waals surface area contributed by atoms with Crippen LogP contribution in [0.5, 0.6) is 0 Å². The third kappa shape index (κ3) is 33.4. The molecule has 0 aromatic rings. The van der Waals surface area contributed by atoms with Crippen molar-refractivity contribution in [2.24, 2.45) is 38.7 Å². The minimum Gasteiger partial charge on any atom is -0.330 e. The number of unbranched alkanes of at least 4 members (excludes halogenated alkanes) is 2. The summed E-state index contributed by atoms with van der Waals surface area (Å²) in [4.78, 5) is 19.7. The van der Waals surface area contributed by atoms with Crippen LogP contribution in [0.4, 0.5) is 0 Å². The molecular weight excluding hydrogens is 655 g/mol. The van der Waals surface area contributed by atoms with Crippen LogP contribution in [0.15, 0.2) is 9.98 Å². The van der Waals surface area contributed by atoms with Crippen molar-refractivity contribution in [3.63, 3.8) is 0 Å². The van der Waals surface area contributed by atoms with Crippen LogP contribution in [0.3, 0.4) is 0 Å². The molecule has 0 aromatic heterocycles. The second-order valence-electron chi connectivity index (χ2n) is 15.3. The molecule has 0 radical (unpaired) electrons. The maximum absolute atomic E-state index is 5.97. The van der Waals surface area contributed by atoms with Gasteiger partial charge in [-0.05, 0) is 65.5 Å². The van der Waals surface area contributed by atoms with Crippen molar-refractivity contribution >= 4 is 19.5 Å². The van der Waals surface area contributed by atoms with E-state index in [4.69, 9.17) is 38.7 Å². The van der Waals surface area contributed by atoms with E-state index in [0.717, 1.165) is 137 Å². The lowest BCUT2D eigenvalue weighted by Crippen LogP contribution is -2.45. The van der Waals surface area contributed by atoms with Gasteiger partial charge in [0.1, 0.15) is 0 Å². The minimum atomic E-state index is -0.959. The zero-order valence-electron chi connectivity index (χ0n) is 34.3. The van der Waals surface area contributed by atoms with Crippen LogP contribution in [-0.2, 0) is 0 Å². The van der Waals surface area contributed by atoms with Crippen LogP contribution in [0.25, 0.3) is 0 Å². The Hall–Kier alpha value is -0.883. The van der Waals surface area contributed by atoms with Gasteiger partial charge in [-0.3, -0.25) is 24.7 Å². The first kappa shape index (κ1) is 50.1. The summed E-state index contributed by atoms with van der Waals surface area (Å²) in [6, 6.07) is 1.36. The Morgan fingerprint density at radius 2 is 0.961 bits per heavy atom. The number of nitrogens with one attached hydrogen (secondary N) is 2. The van der Waals surface area contributed by atoms with Crippen molar-refractivity contribution < 1.29 is 0 Å². The zero-order valence-corrected chi connectivity index (χ0v) is 35.3.